The van der Waals surface area contributed by atoms with Gasteiger partial charge in [0.1, 0.15) is 17.8 Å². The fraction of sp³-hybridized carbons (Fsp3) is 0.350. The van der Waals surface area contributed by atoms with Gasteiger partial charge < -0.3 is 14.8 Å². The highest BCUT2D eigenvalue weighted by Gasteiger charge is 2.43. The van der Waals surface area contributed by atoms with E-state index in [1.807, 2.05) is 42.6 Å². The Morgan fingerprint density at radius 1 is 1.04 bits per heavy atom. The Morgan fingerprint density at radius 2 is 1.92 bits per heavy atom. The zero-order valence-electron chi connectivity index (χ0n) is 14.5. The van der Waals surface area contributed by atoms with Crippen molar-refractivity contribution in [1.29, 1.82) is 0 Å². The summed E-state index contributed by atoms with van der Waals surface area (Å²) in [4.78, 5) is 29.5. The van der Waals surface area contributed by atoms with E-state index in [0.29, 0.717) is 6.04 Å². The fourth-order valence-corrected chi connectivity index (χ4v) is 4.53. The van der Waals surface area contributed by atoms with E-state index >= 15 is 0 Å². The predicted octanol–water partition coefficient (Wildman–Crippen LogP) is 2.84. The average Bonchev–Trinajstić information content (AvgIpc) is 3.34. The lowest BCUT2D eigenvalue weighted by atomic mass is 9.95. The number of aromatic nitrogens is 3. The van der Waals surface area contributed by atoms with Crippen LogP contribution in [0.2, 0.25) is 0 Å². The van der Waals surface area contributed by atoms with Crippen LogP contribution in [0, 0.1) is 0 Å². The van der Waals surface area contributed by atoms with E-state index in [-0.39, 0.29) is 11.9 Å². The zero-order chi connectivity index (χ0) is 17.5. The molecule has 3 aromatic rings. The normalized spacial score (nSPS) is 22.6. The van der Waals surface area contributed by atoms with E-state index in [1.165, 1.54) is 0 Å². The van der Waals surface area contributed by atoms with Crippen molar-refractivity contribution < 1.29 is 4.79 Å². The minimum Gasteiger partial charge on any atom is -0.351 e. The molecule has 2 aromatic heterocycles. The Labute approximate surface area is 151 Å². The van der Waals surface area contributed by atoms with E-state index in [1.54, 1.807) is 6.33 Å². The van der Waals surface area contributed by atoms with Gasteiger partial charge in [-0.2, -0.15) is 0 Å². The van der Waals surface area contributed by atoms with Crippen molar-refractivity contribution in [3.63, 3.8) is 0 Å². The second-order valence-corrected chi connectivity index (χ2v) is 7.06. The zero-order valence-corrected chi connectivity index (χ0v) is 14.5. The van der Waals surface area contributed by atoms with Gasteiger partial charge in [0.2, 0.25) is 0 Å². The van der Waals surface area contributed by atoms with Crippen LogP contribution in [0.3, 0.4) is 0 Å². The number of nitrogens with one attached hydrogen (secondary N) is 1. The van der Waals surface area contributed by atoms with Crippen molar-refractivity contribution in [3.05, 3.63) is 54.5 Å². The summed E-state index contributed by atoms with van der Waals surface area (Å²) in [5.41, 5.74) is 1.65. The summed E-state index contributed by atoms with van der Waals surface area (Å²) in [7, 11) is 0. The summed E-state index contributed by atoms with van der Waals surface area (Å²) in [6.07, 6.45) is 6.63. The summed E-state index contributed by atoms with van der Waals surface area (Å²) in [6.45, 7) is 1.76. The van der Waals surface area contributed by atoms with Gasteiger partial charge in [0.05, 0.1) is 17.5 Å². The first-order valence-electron chi connectivity index (χ1n) is 9.23. The molecule has 0 saturated carbocycles. The van der Waals surface area contributed by atoms with Crippen LogP contribution in [-0.2, 0) is 0 Å². The second-order valence-electron chi connectivity index (χ2n) is 7.06. The topological polar surface area (TPSA) is 65.1 Å². The number of H-pyrrole nitrogens is 1. The van der Waals surface area contributed by atoms with Crippen LogP contribution in [-0.4, -0.2) is 50.9 Å². The van der Waals surface area contributed by atoms with E-state index in [4.69, 9.17) is 0 Å². The number of aromatic amines is 1. The van der Waals surface area contributed by atoms with Gasteiger partial charge in [-0.25, -0.2) is 9.97 Å². The van der Waals surface area contributed by atoms with Crippen molar-refractivity contribution in [2.45, 2.75) is 31.3 Å². The third-order valence-electron chi connectivity index (χ3n) is 5.70. The molecule has 6 nitrogen and oxygen atoms in total. The highest BCUT2D eigenvalue weighted by Crippen LogP contribution is 2.36. The van der Waals surface area contributed by atoms with Crippen molar-refractivity contribution >= 4 is 22.8 Å². The molecule has 0 spiro atoms. The van der Waals surface area contributed by atoms with Crippen LogP contribution in [0.5, 0.6) is 0 Å². The van der Waals surface area contributed by atoms with Crippen molar-refractivity contribution in [1.82, 2.24) is 19.9 Å². The molecule has 2 aliphatic heterocycles. The Balaban J connectivity index is 1.46. The molecule has 0 aliphatic carbocycles. The van der Waals surface area contributed by atoms with Crippen LogP contribution >= 0.6 is 0 Å². The van der Waals surface area contributed by atoms with E-state index in [2.05, 4.69) is 24.8 Å². The molecule has 1 N–H and O–H groups in total. The van der Waals surface area contributed by atoms with E-state index in [0.717, 1.165) is 54.8 Å². The first-order chi connectivity index (χ1) is 12.8. The number of anilines is 1. The van der Waals surface area contributed by atoms with Gasteiger partial charge in [-0.15, -0.1) is 0 Å². The summed E-state index contributed by atoms with van der Waals surface area (Å²) < 4.78 is 0. The van der Waals surface area contributed by atoms with Gasteiger partial charge in [-0.3, -0.25) is 4.79 Å². The molecule has 2 saturated heterocycles. The molecule has 5 rings (SSSR count). The predicted molar refractivity (Wildman–Crippen MR) is 100 cm³/mol. The smallest absolute Gasteiger partial charge is 0.254 e. The maximum absolute atomic E-state index is 13.0. The molecule has 2 unspecified atom stereocenters. The van der Waals surface area contributed by atoms with Gasteiger partial charge in [0, 0.05) is 24.8 Å². The third-order valence-corrected chi connectivity index (χ3v) is 5.70. The van der Waals surface area contributed by atoms with Gasteiger partial charge in [-0.1, -0.05) is 18.2 Å². The maximum Gasteiger partial charge on any atom is 0.254 e. The number of amides is 1. The number of hydrogen-bond donors (Lipinski definition) is 1. The van der Waals surface area contributed by atoms with Crippen LogP contribution in [0.15, 0.2) is 48.9 Å². The summed E-state index contributed by atoms with van der Waals surface area (Å²) in [5, 5.41) is 1.06. The number of hydrogen-bond acceptors (Lipinski definition) is 4. The minimum absolute atomic E-state index is 0.150. The molecule has 2 fully saturated rings. The largest absolute Gasteiger partial charge is 0.351 e. The van der Waals surface area contributed by atoms with E-state index in [9.17, 15) is 4.79 Å². The van der Waals surface area contributed by atoms with Gasteiger partial charge in [0.25, 0.3) is 5.91 Å². The molecule has 6 heteroatoms. The number of benzene rings is 1. The Hall–Kier alpha value is -2.89. The molecule has 1 amide bonds. The molecule has 0 bridgehead atoms. The van der Waals surface area contributed by atoms with Gasteiger partial charge in [-0.05, 0) is 37.5 Å². The minimum atomic E-state index is 0.150. The molecule has 2 aliphatic rings. The van der Waals surface area contributed by atoms with Crippen LogP contribution in [0.4, 0.5) is 5.82 Å². The highest BCUT2D eigenvalue weighted by molar-refractivity contribution is 5.94. The van der Waals surface area contributed by atoms with Gasteiger partial charge >= 0.3 is 0 Å². The van der Waals surface area contributed by atoms with Crippen molar-refractivity contribution in [2.24, 2.45) is 0 Å². The number of rotatable bonds is 2. The number of piperidine rings is 1. The lowest BCUT2D eigenvalue weighted by Crippen LogP contribution is -2.52. The Bertz CT molecular complexity index is 938. The van der Waals surface area contributed by atoms with Crippen molar-refractivity contribution in [3.8, 4) is 0 Å². The lowest BCUT2D eigenvalue weighted by molar-refractivity contribution is 0.0608. The fourth-order valence-electron chi connectivity index (χ4n) is 4.53. The molecular weight excluding hydrogens is 326 g/mol. The summed E-state index contributed by atoms with van der Waals surface area (Å²) in [6, 6.07) is 12.2. The number of carbonyl (C=O) groups is 1. The number of fused-ring (bicyclic) bond motifs is 2. The summed E-state index contributed by atoms with van der Waals surface area (Å²) >= 11 is 0. The van der Waals surface area contributed by atoms with Crippen molar-refractivity contribution in [2.75, 3.05) is 18.0 Å². The molecular formula is C20H21N5O. The first-order valence-corrected chi connectivity index (χ1v) is 9.23. The molecule has 2 atom stereocenters. The Morgan fingerprint density at radius 3 is 2.81 bits per heavy atom. The number of likely N-dealkylation sites (tertiary alicyclic amines) is 1. The molecule has 1 aromatic carbocycles. The number of carbonyl (C=O) groups excluding carboxylic acids is 1. The SMILES string of the molecule is O=C(c1ccccc1)N1CCCC2C1CCN2c1ncnc2[nH]ccc12. The molecule has 0 radical (unpaired) electrons. The Kier molecular flexibility index (Phi) is 3.62. The monoisotopic (exact) mass is 347 g/mol. The molecule has 132 valence electrons. The standard InChI is InChI=1S/C20H21N5O/c26-20(14-5-2-1-3-6-14)25-11-4-7-16-17(25)9-12-24(16)19-15-8-10-21-18(15)22-13-23-19/h1-3,5-6,8,10,13,16-17H,4,7,9,11-12H2,(H,21,22,23). The number of nitrogens with zero attached hydrogens (tertiary/aromatic N) is 4. The van der Waals surface area contributed by atoms with Crippen LogP contribution in [0.25, 0.3) is 11.0 Å². The van der Waals surface area contributed by atoms with Crippen LogP contribution < -0.4 is 4.90 Å². The lowest BCUT2D eigenvalue weighted by Gasteiger charge is -2.40. The first kappa shape index (κ1) is 15.4. The highest BCUT2D eigenvalue weighted by atomic mass is 16.2. The third kappa shape index (κ3) is 2.36. The molecule has 4 heterocycles. The second kappa shape index (κ2) is 6.12. The quantitative estimate of drug-likeness (QED) is 0.774. The van der Waals surface area contributed by atoms with Gasteiger partial charge in [0.15, 0.2) is 0 Å². The van der Waals surface area contributed by atoms with E-state index < -0.39 is 0 Å². The molecule has 26 heavy (non-hydrogen) atoms. The van der Waals surface area contributed by atoms with Crippen LogP contribution in [0.1, 0.15) is 29.6 Å². The average molecular weight is 347 g/mol. The summed E-state index contributed by atoms with van der Waals surface area (Å²) in [5.74, 6) is 1.13. The maximum atomic E-state index is 13.0.